The molecule has 6 nitrogen and oxygen atoms in total. The van der Waals surface area contributed by atoms with Gasteiger partial charge >= 0.3 is 0 Å². The van der Waals surface area contributed by atoms with Gasteiger partial charge in [0.25, 0.3) is 0 Å². The fourth-order valence-electron chi connectivity index (χ4n) is 2.47. The zero-order valence-corrected chi connectivity index (χ0v) is 16.9. The highest BCUT2D eigenvalue weighted by molar-refractivity contribution is 14.0. The molecule has 0 amide bonds. The summed E-state index contributed by atoms with van der Waals surface area (Å²) in [4.78, 5) is 8.11. The smallest absolute Gasteiger partial charge is 0.191 e. The Morgan fingerprint density at radius 2 is 2.22 bits per heavy atom. The van der Waals surface area contributed by atoms with E-state index in [9.17, 15) is 0 Å². The van der Waals surface area contributed by atoms with E-state index in [4.69, 9.17) is 9.47 Å². The molecule has 132 valence electrons. The van der Waals surface area contributed by atoms with E-state index in [1.54, 1.807) is 25.5 Å². The fraction of sp³-hybridized carbons (Fsp3) is 0.667. The topological polar surface area (TPSA) is 58.1 Å². The number of ether oxygens (including phenoxy) is 2. The highest BCUT2D eigenvalue weighted by Crippen LogP contribution is 2.25. The molecule has 2 N–H and O–H groups in total. The molecule has 1 aliphatic rings. The first-order chi connectivity index (χ1) is 10.8. The summed E-state index contributed by atoms with van der Waals surface area (Å²) in [7, 11) is 3.49. The number of rotatable bonds is 7. The average Bonchev–Trinajstić information content (AvgIpc) is 3.09. The summed E-state index contributed by atoms with van der Waals surface area (Å²) in [5, 5.41) is 8.80. The average molecular weight is 454 g/mol. The lowest BCUT2D eigenvalue weighted by atomic mass is 10.2. The van der Waals surface area contributed by atoms with E-state index in [1.165, 1.54) is 4.88 Å². The number of nitrogens with zero attached hydrogens (tertiary/aromatic N) is 2. The van der Waals surface area contributed by atoms with Crippen LogP contribution in [-0.4, -0.2) is 71.0 Å². The normalized spacial score (nSPS) is 17.4. The van der Waals surface area contributed by atoms with Crippen molar-refractivity contribution < 1.29 is 9.47 Å². The van der Waals surface area contributed by atoms with Gasteiger partial charge in [-0.15, -0.1) is 35.3 Å². The van der Waals surface area contributed by atoms with Gasteiger partial charge in [0.2, 0.25) is 0 Å². The molecule has 0 bridgehead atoms. The molecule has 0 saturated carbocycles. The fourth-order valence-corrected chi connectivity index (χ4v) is 3.33. The Balaban J connectivity index is 0.00000264. The van der Waals surface area contributed by atoms with Crippen molar-refractivity contribution >= 4 is 41.3 Å². The van der Waals surface area contributed by atoms with Crippen LogP contribution in [0.15, 0.2) is 22.5 Å². The third-order valence-electron chi connectivity index (χ3n) is 3.64. The lowest BCUT2D eigenvalue weighted by molar-refractivity contribution is 0.0177. The number of methoxy groups -OCH3 is 1. The Morgan fingerprint density at radius 3 is 2.83 bits per heavy atom. The largest absolute Gasteiger partial charge is 0.383 e. The summed E-state index contributed by atoms with van der Waals surface area (Å²) in [5.74, 6) is 0.812. The highest BCUT2D eigenvalue weighted by Gasteiger charge is 2.23. The van der Waals surface area contributed by atoms with Gasteiger partial charge in [0.1, 0.15) is 0 Å². The zero-order chi connectivity index (χ0) is 15.6. The molecule has 1 unspecified atom stereocenters. The first kappa shape index (κ1) is 20.6. The summed E-state index contributed by atoms with van der Waals surface area (Å²) in [6.07, 6.45) is 0. The molecule has 0 radical (unpaired) electrons. The highest BCUT2D eigenvalue weighted by atomic mass is 127. The third-order valence-corrected chi connectivity index (χ3v) is 4.62. The second-order valence-corrected chi connectivity index (χ2v) is 6.03. The van der Waals surface area contributed by atoms with Crippen molar-refractivity contribution in [3.05, 3.63) is 22.4 Å². The molecule has 8 heteroatoms. The third kappa shape index (κ3) is 6.92. The standard InChI is InChI=1S/C15H26N4O2S.HI/c1-16-15(17-5-8-20-2)18-12-13(14-4-3-11-22-14)19-6-9-21-10-7-19;/h3-4,11,13H,5-10,12H2,1-2H3,(H2,16,17,18);1H. The summed E-state index contributed by atoms with van der Waals surface area (Å²) in [6.45, 7) is 5.80. The van der Waals surface area contributed by atoms with E-state index < -0.39 is 0 Å². The van der Waals surface area contributed by atoms with Gasteiger partial charge in [-0.3, -0.25) is 9.89 Å². The molecule has 1 aromatic heterocycles. The van der Waals surface area contributed by atoms with Crippen LogP contribution in [-0.2, 0) is 9.47 Å². The maximum absolute atomic E-state index is 5.47. The number of hydrogen-bond acceptors (Lipinski definition) is 5. The lowest BCUT2D eigenvalue weighted by Gasteiger charge is -2.34. The van der Waals surface area contributed by atoms with E-state index in [1.807, 2.05) is 0 Å². The van der Waals surface area contributed by atoms with Gasteiger partial charge in [-0.25, -0.2) is 0 Å². The maximum atomic E-state index is 5.47. The van der Waals surface area contributed by atoms with E-state index >= 15 is 0 Å². The van der Waals surface area contributed by atoms with Crippen LogP contribution in [0.3, 0.4) is 0 Å². The van der Waals surface area contributed by atoms with Gasteiger partial charge in [0, 0.05) is 45.2 Å². The van der Waals surface area contributed by atoms with Crippen molar-refractivity contribution in [1.29, 1.82) is 0 Å². The van der Waals surface area contributed by atoms with E-state index in [0.29, 0.717) is 12.6 Å². The van der Waals surface area contributed by atoms with Gasteiger partial charge in [-0.05, 0) is 11.4 Å². The quantitative estimate of drug-likeness (QED) is 0.284. The van der Waals surface area contributed by atoms with Crippen LogP contribution in [0.1, 0.15) is 10.9 Å². The van der Waals surface area contributed by atoms with Crippen LogP contribution < -0.4 is 10.6 Å². The zero-order valence-electron chi connectivity index (χ0n) is 13.8. The van der Waals surface area contributed by atoms with Crippen molar-refractivity contribution in [1.82, 2.24) is 15.5 Å². The van der Waals surface area contributed by atoms with E-state index in [-0.39, 0.29) is 24.0 Å². The molecule has 0 spiro atoms. The molecule has 1 saturated heterocycles. The molecule has 2 heterocycles. The van der Waals surface area contributed by atoms with Crippen LogP contribution in [0, 0.1) is 0 Å². The first-order valence-corrected chi connectivity index (χ1v) is 8.51. The maximum Gasteiger partial charge on any atom is 0.191 e. The number of guanidine groups is 1. The number of hydrogen-bond donors (Lipinski definition) is 2. The predicted octanol–water partition coefficient (Wildman–Crippen LogP) is 1.55. The minimum atomic E-state index is 0. The van der Waals surface area contributed by atoms with Crippen LogP contribution in [0.4, 0.5) is 0 Å². The van der Waals surface area contributed by atoms with Crippen LogP contribution in [0.5, 0.6) is 0 Å². The molecule has 2 rings (SSSR count). The Labute approximate surface area is 159 Å². The summed E-state index contributed by atoms with van der Waals surface area (Å²) in [6, 6.07) is 4.66. The van der Waals surface area contributed by atoms with Crippen LogP contribution >= 0.6 is 35.3 Å². The Morgan fingerprint density at radius 1 is 1.43 bits per heavy atom. The van der Waals surface area contributed by atoms with Crippen LogP contribution in [0.2, 0.25) is 0 Å². The Bertz CT molecular complexity index is 439. The van der Waals surface area contributed by atoms with Gasteiger partial charge in [-0.2, -0.15) is 0 Å². The van der Waals surface area contributed by atoms with Crippen molar-refractivity contribution in [2.45, 2.75) is 6.04 Å². The van der Waals surface area contributed by atoms with Gasteiger partial charge in [0.15, 0.2) is 5.96 Å². The van der Waals surface area contributed by atoms with Gasteiger partial charge < -0.3 is 20.1 Å². The molecule has 1 aliphatic heterocycles. The number of thiophene rings is 1. The predicted molar refractivity (Wildman–Crippen MR) is 106 cm³/mol. The Hall–Kier alpha value is -0.420. The van der Waals surface area contributed by atoms with Crippen molar-refractivity contribution in [2.24, 2.45) is 4.99 Å². The second-order valence-electron chi connectivity index (χ2n) is 5.05. The summed E-state index contributed by atoms with van der Waals surface area (Å²) in [5.41, 5.74) is 0. The molecule has 1 atom stereocenters. The summed E-state index contributed by atoms with van der Waals surface area (Å²) >= 11 is 1.80. The van der Waals surface area contributed by atoms with E-state index in [2.05, 4.69) is 38.0 Å². The number of aliphatic imine (C=N–C) groups is 1. The first-order valence-electron chi connectivity index (χ1n) is 7.63. The molecule has 23 heavy (non-hydrogen) atoms. The minimum Gasteiger partial charge on any atom is -0.383 e. The van der Waals surface area contributed by atoms with Crippen molar-refractivity contribution in [3.8, 4) is 0 Å². The van der Waals surface area contributed by atoms with Crippen LogP contribution in [0.25, 0.3) is 0 Å². The van der Waals surface area contributed by atoms with E-state index in [0.717, 1.165) is 45.4 Å². The van der Waals surface area contributed by atoms with Gasteiger partial charge in [-0.1, -0.05) is 6.07 Å². The molecule has 1 aromatic rings. The van der Waals surface area contributed by atoms with Gasteiger partial charge in [0.05, 0.1) is 25.9 Å². The monoisotopic (exact) mass is 454 g/mol. The van der Waals surface area contributed by atoms with Crippen molar-refractivity contribution in [3.63, 3.8) is 0 Å². The lowest BCUT2D eigenvalue weighted by Crippen LogP contribution is -2.46. The molecular weight excluding hydrogens is 427 g/mol. The SMILES string of the molecule is CN=C(NCCOC)NCC(c1cccs1)N1CCOCC1.I. The second kappa shape index (κ2) is 12.0. The number of nitrogens with one attached hydrogen (secondary N) is 2. The Kier molecular flexibility index (Phi) is 10.8. The minimum absolute atomic E-state index is 0. The molecule has 0 aliphatic carbocycles. The molecule has 0 aromatic carbocycles. The molecule has 1 fully saturated rings. The molecular formula is C15H27IN4O2S. The summed E-state index contributed by atoms with van der Waals surface area (Å²) < 4.78 is 10.5. The van der Waals surface area contributed by atoms with Crippen molar-refractivity contribution in [2.75, 3.05) is 60.2 Å². The number of halogens is 1. The number of morpholine rings is 1.